The van der Waals surface area contributed by atoms with Gasteiger partial charge in [-0.25, -0.2) is 4.79 Å². The Balaban J connectivity index is 2.43. The van der Waals surface area contributed by atoms with Crippen LogP contribution in [0.4, 0.5) is 0 Å². The van der Waals surface area contributed by atoms with Crippen LogP contribution in [0.1, 0.15) is 37.9 Å². The highest BCUT2D eigenvalue weighted by molar-refractivity contribution is 9.10. The smallest absolute Gasteiger partial charge is 0.400 e. The Labute approximate surface area is 121 Å². The standard InChI is InChI=1S/C15H18BrNO2/c1-10(2)11(3)13-14(16)19-15(18)17(13)9-12-7-5-4-6-8-12/h4-8,10-11H,9H2,1-3H3. The zero-order valence-electron chi connectivity index (χ0n) is 11.4. The molecule has 0 saturated carbocycles. The van der Waals surface area contributed by atoms with E-state index in [1.807, 2.05) is 30.3 Å². The summed E-state index contributed by atoms with van der Waals surface area (Å²) in [6.07, 6.45) is 0. The van der Waals surface area contributed by atoms with Crippen LogP contribution in [0.25, 0.3) is 0 Å². The highest BCUT2D eigenvalue weighted by atomic mass is 79.9. The molecule has 0 aliphatic carbocycles. The van der Waals surface area contributed by atoms with Gasteiger partial charge in [0, 0.05) is 5.92 Å². The Hall–Kier alpha value is -1.29. The largest absolute Gasteiger partial charge is 0.420 e. The van der Waals surface area contributed by atoms with Gasteiger partial charge in [-0.05, 0) is 27.4 Å². The molecule has 4 heteroatoms. The van der Waals surface area contributed by atoms with Crippen LogP contribution in [0.3, 0.4) is 0 Å². The van der Waals surface area contributed by atoms with Crippen LogP contribution in [0.2, 0.25) is 0 Å². The van der Waals surface area contributed by atoms with Crippen molar-refractivity contribution in [2.24, 2.45) is 5.92 Å². The number of benzene rings is 1. The van der Waals surface area contributed by atoms with Gasteiger partial charge in [0.15, 0.2) is 4.67 Å². The Morgan fingerprint density at radius 3 is 2.42 bits per heavy atom. The molecule has 0 amide bonds. The van der Waals surface area contributed by atoms with E-state index < -0.39 is 0 Å². The maximum atomic E-state index is 12.0. The fourth-order valence-electron chi connectivity index (χ4n) is 2.04. The summed E-state index contributed by atoms with van der Waals surface area (Å²) in [4.78, 5) is 12.0. The lowest BCUT2D eigenvalue weighted by Crippen LogP contribution is -2.20. The fraction of sp³-hybridized carbons (Fsp3) is 0.400. The first-order chi connectivity index (χ1) is 9.00. The van der Waals surface area contributed by atoms with Crippen LogP contribution >= 0.6 is 15.9 Å². The van der Waals surface area contributed by atoms with E-state index in [-0.39, 0.29) is 11.7 Å². The summed E-state index contributed by atoms with van der Waals surface area (Å²) in [6.45, 7) is 6.94. The molecule has 0 spiro atoms. The van der Waals surface area contributed by atoms with Crippen molar-refractivity contribution in [3.63, 3.8) is 0 Å². The molecular formula is C15H18BrNO2. The van der Waals surface area contributed by atoms with Crippen molar-refractivity contribution in [1.29, 1.82) is 0 Å². The summed E-state index contributed by atoms with van der Waals surface area (Å²) in [5.41, 5.74) is 2.03. The van der Waals surface area contributed by atoms with Crippen molar-refractivity contribution < 1.29 is 4.42 Å². The molecule has 2 aromatic rings. The van der Waals surface area contributed by atoms with Crippen LogP contribution in [0, 0.1) is 5.92 Å². The molecule has 0 N–H and O–H groups in total. The third-order valence-corrected chi connectivity index (χ3v) is 4.07. The molecule has 1 unspecified atom stereocenters. The lowest BCUT2D eigenvalue weighted by Gasteiger charge is -2.17. The van der Waals surface area contributed by atoms with Gasteiger partial charge in [-0.15, -0.1) is 0 Å². The Bertz CT molecular complexity index is 598. The second-order valence-corrected chi connectivity index (χ2v) is 5.85. The van der Waals surface area contributed by atoms with E-state index in [0.29, 0.717) is 17.1 Å². The fourth-order valence-corrected chi connectivity index (χ4v) is 2.76. The van der Waals surface area contributed by atoms with E-state index >= 15 is 0 Å². The molecule has 1 heterocycles. The second-order valence-electron chi connectivity index (χ2n) is 5.13. The van der Waals surface area contributed by atoms with Crippen LogP contribution in [0.15, 0.2) is 44.2 Å². The van der Waals surface area contributed by atoms with E-state index in [2.05, 4.69) is 36.7 Å². The van der Waals surface area contributed by atoms with Gasteiger partial charge >= 0.3 is 5.76 Å². The van der Waals surface area contributed by atoms with Crippen molar-refractivity contribution in [2.45, 2.75) is 33.2 Å². The summed E-state index contributed by atoms with van der Waals surface area (Å²) < 4.78 is 7.48. The molecular weight excluding hydrogens is 306 g/mol. The summed E-state index contributed by atoms with van der Waals surface area (Å²) >= 11 is 3.36. The van der Waals surface area contributed by atoms with E-state index in [9.17, 15) is 4.79 Å². The lowest BCUT2D eigenvalue weighted by atomic mass is 9.95. The zero-order chi connectivity index (χ0) is 14.0. The van der Waals surface area contributed by atoms with Crippen LogP contribution in [-0.2, 0) is 6.54 Å². The van der Waals surface area contributed by atoms with Crippen LogP contribution in [-0.4, -0.2) is 4.57 Å². The average molecular weight is 324 g/mol. The molecule has 2 rings (SSSR count). The van der Waals surface area contributed by atoms with Crippen molar-refractivity contribution in [1.82, 2.24) is 4.57 Å². The SMILES string of the molecule is CC(C)C(C)c1c(Br)oc(=O)n1Cc1ccccc1. The van der Waals surface area contributed by atoms with Gasteiger partial charge in [-0.1, -0.05) is 51.1 Å². The van der Waals surface area contributed by atoms with E-state index in [4.69, 9.17) is 4.42 Å². The van der Waals surface area contributed by atoms with Gasteiger partial charge in [-0.3, -0.25) is 4.57 Å². The quantitative estimate of drug-likeness (QED) is 0.852. The number of halogens is 1. The molecule has 0 aliphatic rings. The Morgan fingerprint density at radius 2 is 1.84 bits per heavy atom. The average Bonchev–Trinajstić information content (AvgIpc) is 2.64. The number of nitrogens with zero attached hydrogens (tertiary/aromatic N) is 1. The molecule has 1 atom stereocenters. The summed E-state index contributed by atoms with van der Waals surface area (Å²) in [5.74, 6) is 0.387. The topological polar surface area (TPSA) is 35.1 Å². The minimum absolute atomic E-state index is 0.254. The highest BCUT2D eigenvalue weighted by Gasteiger charge is 2.22. The highest BCUT2D eigenvalue weighted by Crippen LogP contribution is 2.29. The first-order valence-electron chi connectivity index (χ1n) is 6.43. The van der Waals surface area contributed by atoms with Crippen molar-refractivity contribution >= 4 is 15.9 Å². The third-order valence-electron chi connectivity index (χ3n) is 3.50. The van der Waals surface area contributed by atoms with Crippen molar-refractivity contribution in [3.8, 4) is 0 Å². The number of hydrogen-bond donors (Lipinski definition) is 0. The summed E-state index contributed by atoms with van der Waals surface area (Å²) in [6, 6.07) is 9.94. The molecule has 0 aliphatic heterocycles. The second kappa shape index (κ2) is 5.78. The van der Waals surface area contributed by atoms with Gasteiger partial charge in [-0.2, -0.15) is 0 Å². The number of oxazole rings is 1. The van der Waals surface area contributed by atoms with Gasteiger partial charge in [0.1, 0.15) is 0 Å². The third kappa shape index (κ3) is 3.00. The van der Waals surface area contributed by atoms with Gasteiger partial charge in [0.2, 0.25) is 0 Å². The first kappa shape index (κ1) is 14.1. The normalized spacial score (nSPS) is 12.9. The van der Waals surface area contributed by atoms with E-state index in [1.165, 1.54) is 0 Å². The van der Waals surface area contributed by atoms with Crippen LogP contribution < -0.4 is 5.76 Å². The molecule has 102 valence electrons. The van der Waals surface area contributed by atoms with Gasteiger partial charge in [0.05, 0.1) is 12.2 Å². The lowest BCUT2D eigenvalue weighted by molar-refractivity contribution is 0.469. The van der Waals surface area contributed by atoms with Gasteiger partial charge in [0.25, 0.3) is 0 Å². The van der Waals surface area contributed by atoms with Crippen molar-refractivity contribution in [2.75, 3.05) is 0 Å². The molecule has 0 radical (unpaired) electrons. The Kier molecular flexibility index (Phi) is 4.30. The summed E-state index contributed by atoms with van der Waals surface area (Å²) in [5, 5.41) is 0. The maximum absolute atomic E-state index is 12.0. The molecule has 3 nitrogen and oxygen atoms in total. The van der Waals surface area contributed by atoms with Crippen molar-refractivity contribution in [3.05, 3.63) is 56.8 Å². The maximum Gasteiger partial charge on any atom is 0.420 e. The molecule has 0 bridgehead atoms. The van der Waals surface area contributed by atoms with Crippen LogP contribution in [0.5, 0.6) is 0 Å². The molecule has 1 aromatic heterocycles. The van der Waals surface area contributed by atoms with E-state index in [0.717, 1.165) is 11.3 Å². The predicted octanol–water partition coefficient (Wildman–Crippen LogP) is 4.01. The van der Waals surface area contributed by atoms with E-state index in [1.54, 1.807) is 4.57 Å². The minimum Gasteiger partial charge on any atom is -0.400 e. The molecule has 1 aromatic carbocycles. The molecule has 0 fully saturated rings. The number of aromatic nitrogens is 1. The monoisotopic (exact) mass is 323 g/mol. The molecule has 19 heavy (non-hydrogen) atoms. The number of hydrogen-bond acceptors (Lipinski definition) is 2. The zero-order valence-corrected chi connectivity index (χ0v) is 13.0. The number of rotatable bonds is 4. The molecule has 0 saturated heterocycles. The van der Waals surface area contributed by atoms with Gasteiger partial charge < -0.3 is 4.42 Å². The minimum atomic E-state index is -0.307. The predicted molar refractivity (Wildman–Crippen MR) is 79.5 cm³/mol. The Morgan fingerprint density at radius 1 is 1.21 bits per heavy atom. The summed E-state index contributed by atoms with van der Waals surface area (Å²) in [7, 11) is 0. The first-order valence-corrected chi connectivity index (χ1v) is 7.23.